The molecule has 1 aromatic heterocycles. The van der Waals surface area contributed by atoms with Crippen molar-refractivity contribution in [1.29, 1.82) is 0 Å². The van der Waals surface area contributed by atoms with Gasteiger partial charge in [-0.05, 0) is 50.6 Å². The van der Waals surface area contributed by atoms with Crippen LogP contribution >= 0.6 is 0 Å². The molecule has 8 heteroatoms. The maximum Gasteiger partial charge on any atom is 0.185 e. The van der Waals surface area contributed by atoms with Gasteiger partial charge in [-0.15, -0.1) is 0 Å². The summed E-state index contributed by atoms with van der Waals surface area (Å²) in [6, 6.07) is 5.06. The zero-order chi connectivity index (χ0) is 20.6. The van der Waals surface area contributed by atoms with Crippen molar-refractivity contribution in [2.24, 2.45) is 0 Å². The normalized spacial score (nSPS) is 20.7. The number of ether oxygens (including phenoxy) is 2. The zero-order valence-electron chi connectivity index (χ0n) is 16.6. The van der Waals surface area contributed by atoms with E-state index in [2.05, 4.69) is 5.10 Å². The highest BCUT2D eigenvalue weighted by atomic mass is 32.2. The summed E-state index contributed by atoms with van der Waals surface area (Å²) in [5, 5.41) is 4.53. The van der Waals surface area contributed by atoms with Crippen LogP contribution in [0.4, 0.5) is 0 Å². The number of rotatable bonds is 4. The number of fused-ring (bicyclic) bond motifs is 1. The van der Waals surface area contributed by atoms with Gasteiger partial charge in [0.2, 0.25) is 0 Å². The van der Waals surface area contributed by atoms with Crippen LogP contribution in [-0.4, -0.2) is 48.7 Å². The monoisotopic (exact) mass is 416 g/mol. The lowest BCUT2D eigenvalue weighted by molar-refractivity contribution is 0.104. The van der Waals surface area contributed by atoms with E-state index in [0.717, 1.165) is 23.4 Å². The molecular weight excluding hydrogens is 392 g/mol. The van der Waals surface area contributed by atoms with Crippen LogP contribution in [0.5, 0.6) is 11.5 Å². The Kier molecular flexibility index (Phi) is 5.21. The first kappa shape index (κ1) is 19.7. The van der Waals surface area contributed by atoms with Crippen molar-refractivity contribution in [3.63, 3.8) is 0 Å². The molecule has 0 saturated carbocycles. The average Bonchev–Trinajstić information content (AvgIpc) is 3.06. The van der Waals surface area contributed by atoms with Crippen molar-refractivity contribution < 1.29 is 22.7 Å². The van der Waals surface area contributed by atoms with Crippen molar-refractivity contribution in [2.75, 3.05) is 24.7 Å². The highest BCUT2D eigenvalue weighted by Gasteiger charge is 2.31. The molecule has 0 aliphatic carbocycles. The van der Waals surface area contributed by atoms with E-state index in [-0.39, 0.29) is 23.3 Å². The zero-order valence-corrected chi connectivity index (χ0v) is 17.4. The molecule has 0 N–H and O–H groups in total. The number of aromatic nitrogens is 2. The predicted octanol–water partition coefficient (Wildman–Crippen LogP) is 2.92. The SMILES string of the molecule is Cc1nn([C@@H]2CCS(=O)(=O)C2)c(C)c1/C=C/C(=O)c1ccc2c(c1)OCCCO2. The minimum Gasteiger partial charge on any atom is -0.490 e. The second kappa shape index (κ2) is 7.67. The Bertz CT molecular complexity index is 1080. The molecule has 1 saturated heterocycles. The molecule has 2 aliphatic heterocycles. The van der Waals surface area contributed by atoms with Gasteiger partial charge in [-0.1, -0.05) is 0 Å². The summed E-state index contributed by atoms with van der Waals surface area (Å²) >= 11 is 0. The standard InChI is InChI=1S/C21H24N2O5S/c1-14-18(15(2)23(22-14)17-8-11-29(25,26)13-17)5-6-19(24)16-4-7-20-21(12-16)28-10-3-9-27-20/h4-7,12,17H,3,8-11,13H2,1-2H3/b6-5+/t17-/m1/s1. The van der Waals surface area contributed by atoms with Crippen LogP contribution in [0, 0.1) is 13.8 Å². The van der Waals surface area contributed by atoms with Crippen molar-refractivity contribution in [3.8, 4) is 11.5 Å². The number of allylic oxidation sites excluding steroid dienone is 1. The van der Waals surface area contributed by atoms with E-state index in [4.69, 9.17) is 9.47 Å². The molecule has 0 unspecified atom stereocenters. The van der Waals surface area contributed by atoms with Crippen LogP contribution in [0.15, 0.2) is 24.3 Å². The minimum absolute atomic E-state index is 0.119. The Morgan fingerprint density at radius 3 is 2.69 bits per heavy atom. The Labute approximate surface area is 170 Å². The van der Waals surface area contributed by atoms with Crippen LogP contribution in [-0.2, 0) is 9.84 Å². The fraction of sp³-hybridized carbons (Fsp3) is 0.429. The van der Waals surface area contributed by atoms with Gasteiger partial charge in [0.1, 0.15) is 0 Å². The first-order valence-corrected chi connectivity index (χ1v) is 11.5. The van der Waals surface area contributed by atoms with Gasteiger partial charge < -0.3 is 9.47 Å². The number of hydrogen-bond donors (Lipinski definition) is 0. The summed E-state index contributed by atoms with van der Waals surface area (Å²) in [7, 11) is -2.99. The fourth-order valence-electron chi connectivity index (χ4n) is 3.81. The van der Waals surface area contributed by atoms with Gasteiger partial charge in [-0.25, -0.2) is 8.42 Å². The Balaban J connectivity index is 1.55. The molecule has 0 radical (unpaired) electrons. The second-order valence-corrected chi connectivity index (χ2v) is 9.72. The number of benzene rings is 1. The van der Waals surface area contributed by atoms with Gasteiger partial charge in [0, 0.05) is 23.2 Å². The molecule has 7 nitrogen and oxygen atoms in total. The Hall–Kier alpha value is -2.61. The summed E-state index contributed by atoms with van der Waals surface area (Å²) in [5.41, 5.74) is 3.01. The highest BCUT2D eigenvalue weighted by Crippen LogP contribution is 2.31. The molecule has 3 heterocycles. The van der Waals surface area contributed by atoms with E-state index in [9.17, 15) is 13.2 Å². The molecule has 0 amide bonds. The summed E-state index contributed by atoms with van der Waals surface area (Å²) < 4.78 is 36.6. The Morgan fingerprint density at radius 1 is 1.21 bits per heavy atom. The maximum absolute atomic E-state index is 12.7. The molecule has 1 atom stereocenters. The van der Waals surface area contributed by atoms with Crippen LogP contribution < -0.4 is 9.47 Å². The number of hydrogen-bond acceptors (Lipinski definition) is 6. The number of sulfone groups is 1. The second-order valence-electron chi connectivity index (χ2n) is 7.50. The molecule has 154 valence electrons. The smallest absolute Gasteiger partial charge is 0.185 e. The fourth-order valence-corrected chi connectivity index (χ4v) is 5.50. The summed E-state index contributed by atoms with van der Waals surface area (Å²) in [4.78, 5) is 12.7. The first-order valence-electron chi connectivity index (χ1n) is 9.72. The van der Waals surface area contributed by atoms with E-state index in [1.807, 2.05) is 13.8 Å². The quantitative estimate of drug-likeness (QED) is 0.563. The molecule has 2 aromatic rings. The maximum atomic E-state index is 12.7. The largest absolute Gasteiger partial charge is 0.490 e. The van der Waals surface area contributed by atoms with Crippen LogP contribution in [0.3, 0.4) is 0 Å². The van der Waals surface area contributed by atoms with Gasteiger partial charge >= 0.3 is 0 Å². The summed E-state index contributed by atoms with van der Waals surface area (Å²) in [6.45, 7) is 4.94. The molecule has 1 aromatic carbocycles. The molecule has 1 fully saturated rings. The van der Waals surface area contributed by atoms with Gasteiger partial charge in [0.05, 0.1) is 36.5 Å². The van der Waals surface area contributed by atoms with Crippen molar-refractivity contribution in [3.05, 3.63) is 46.8 Å². The third-order valence-corrected chi connectivity index (χ3v) is 7.12. The van der Waals surface area contributed by atoms with E-state index in [1.165, 1.54) is 6.08 Å². The molecule has 29 heavy (non-hydrogen) atoms. The topological polar surface area (TPSA) is 87.5 Å². The van der Waals surface area contributed by atoms with Crippen molar-refractivity contribution >= 4 is 21.7 Å². The Morgan fingerprint density at radius 2 is 1.97 bits per heavy atom. The number of nitrogens with zero attached hydrogens (tertiary/aromatic N) is 2. The van der Waals surface area contributed by atoms with Gasteiger partial charge in [-0.2, -0.15) is 5.10 Å². The van der Waals surface area contributed by atoms with Gasteiger partial charge in [-0.3, -0.25) is 9.48 Å². The predicted molar refractivity (Wildman–Crippen MR) is 109 cm³/mol. The molecule has 0 spiro atoms. The third kappa shape index (κ3) is 4.07. The lowest BCUT2D eigenvalue weighted by Crippen LogP contribution is -2.13. The number of ketones is 1. The molecule has 2 aliphatic rings. The third-order valence-electron chi connectivity index (χ3n) is 5.37. The molecular formula is C21H24N2O5S. The van der Waals surface area contributed by atoms with Crippen molar-refractivity contribution in [2.45, 2.75) is 32.7 Å². The van der Waals surface area contributed by atoms with Gasteiger partial charge in [0.25, 0.3) is 0 Å². The van der Waals surface area contributed by atoms with E-state index in [1.54, 1.807) is 29.0 Å². The van der Waals surface area contributed by atoms with Gasteiger partial charge in [0.15, 0.2) is 27.1 Å². The van der Waals surface area contributed by atoms with E-state index < -0.39 is 9.84 Å². The van der Waals surface area contributed by atoms with Crippen LogP contribution in [0.25, 0.3) is 6.08 Å². The van der Waals surface area contributed by atoms with E-state index in [0.29, 0.717) is 36.7 Å². The lowest BCUT2D eigenvalue weighted by Gasteiger charge is -2.10. The summed E-state index contributed by atoms with van der Waals surface area (Å²) in [6.07, 6.45) is 4.65. The lowest BCUT2D eigenvalue weighted by atomic mass is 10.1. The number of carbonyl (C=O) groups excluding carboxylic acids is 1. The first-order chi connectivity index (χ1) is 13.8. The highest BCUT2D eigenvalue weighted by molar-refractivity contribution is 7.91. The number of carbonyl (C=O) groups is 1. The van der Waals surface area contributed by atoms with Crippen LogP contribution in [0.1, 0.15) is 46.2 Å². The number of aryl methyl sites for hydroxylation is 1. The van der Waals surface area contributed by atoms with E-state index >= 15 is 0 Å². The molecule has 0 bridgehead atoms. The van der Waals surface area contributed by atoms with Crippen molar-refractivity contribution in [1.82, 2.24) is 9.78 Å². The van der Waals surface area contributed by atoms with Crippen LogP contribution in [0.2, 0.25) is 0 Å². The summed E-state index contributed by atoms with van der Waals surface area (Å²) in [5.74, 6) is 1.42. The molecule has 4 rings (SSSR count). The average molecular weight is 416 g/mol. The minimum atomic E-state index is -2.99.